The van der Waals surface area contributed by atoms with E-state index in [-0.39, 0.29) is 23.4 Å². The van der Waals surface area contributed by atoms with Crippen LogP contribution in [0.4, 0.5) is 13.2 Å². The van der Waals surface area contributed by atoms with Crippen LogP contribution in [0.3, 0.4) is 0 Å². The van der Waals surface area contributed by atoms with Crippen LogP contribution in [0.5, 0.6) is 0 Å². The predicted octanol–water partition coefficient (Wildman–Crippen LogP) is 3.97. The third kappa shape index (κ3) is 2.50. The van der Waals surface area contributed by atoms with Gasteiger partial charge in [0, 0.05) is 17.1 Å². The molecule has 3 aromatic rings. The van der Waals surface area contributed by atoms with E-state index in [1.165, 1.54) is 12.3 Å². The van der Waals surface area contributed by atoms with E-state index in [9.17, 15) is 13.2 Å². The fourth-order valence-electron chi connectivity index (χ4n) is 2.21. The Kier molecular flexibility index (Phi) is 3.17. The van der Waals surface area contributed by atoms with Crippen LogP contribution in [-0.2, 0) is 12.7 Å². The van der Waals surface area contributed by atoms with Crippen LogP contribution in [-0.4, -0.2) is 4.98 Å². The second-order valence-electron chi connectivity index (χ2n) is 4.57. The fraction of sp³-hybridized carbons (Fsp3) is 0.133. The maximum absolute atomic E-state index is 13.3. The van der Waals surface area contributed by atoms with Crippen LogP contribution in [0.2, 0.25) is 0 Å². The van der Waals surface area contributed by atoms with Gasteiger partial charge < -0.3 is 10.2 Å². The molecule has 1 aromatic carbocycles. The molecular weight excluding hydrogens is 281 g/mol. The molecular formula is C15H11F3N2O. The Hall–Kier alpha value is -2.34. The van der Waals surface area contributed by atoms with Gasteiger partial charge in [-0.1, -0.05) is 6.07 Å². The number of furan rings is 1. The van der Waals surface area contributed by atoms with Gasteiger partial charge in [0.05, 0.1) is 17.8 Å². The summed E-state index contributed by atoms with van der Waals surface area (Å²) in [5.41, 5.74) is 5.15. The summed E-state index contributed by atoms with van der Waals surface area (Å²) in [5.74, 6) is 0.441. The van der Waals surface area contributed by atoms with E-state index in [4.69, 9.17) is 10.2 Å². The lowest BCUT2D eigenvalue weighted by Gasteiger charge is -2.12. The lowest BCUT2D eigenvalue weighted by Crippen LogP contribution is -2.07. The fourth-order valence-corrected chi connectivity index (χ4v) is 2.21. The molecule has 3 rings (SSSR count). The van der Waals surface area contributed by atoms with Crippen LogP contribution < -0.4 is 5.73 Å². The first-order valence-corrected chi connectivity index (χ1v) is 6.24. The molecule has 0 atom stereocenters. The zero-order valence-corrected chi connectivity index (χ0v) is 10.8. The van der Waals surface area contributed by atoms with Gasteiger partial charge in [-0.2, -0.15) is 13.2 Å². The molecule has 0 fully saturated rings. The highest BCUT2D eigenvalue weighted by atomic mass is 19.4. The average molecular weight is 292 g/mol. The molecule has 0 aliphatic rings. The molecule has 2 aromatic heterocycles. The lowest BCUT2D eigenvalue weighted by molar-refractivity contribution is -0.137. The number of benzene rings is 1. The van der Waals surface area contributed by atoms with Crippen molar-refractivity contribution in [2.24, 2.45) is 5.73 Å². The zero-order chi connectivity index (χ0) is 15.0. The molecule has 108 valence electrons. The maximum Gasteiger partial charge on any atom is 0.417 e. The Balaban J connectivity index is 2.30. The van der Waals surface area contributed by atoms with Crippen LogP contribution in [0.15, 0.2) is 47.0 Å². The second kappa shape index (κ2) is 4.89. The Morgan fingerprint density at radius 1 is 1.14 bits per heavy atom. The van der Waals surface area contributed by atoms with Gasteiger partial charge in [-0.05, 0) is 30.3 Å². The van der Waals surface area contributed by atoms with Gasteiger partial charge in [-0.15, -0.1) is 0 Å². The molecule has 2 heterocycles. The molecule has 0 aliphatic heterocycles. The highest BCUT2D eigenvalue weighted by molar-refractivity contribution is 5.85. The summed E-state index contributed by atoms with van der Waals surface area (Å²) in [6, 6.07) is 8.91. The number of nitrogens with zero attached hydrogens (tertiary/aromatic N) is 1. The van der Waals surface area contributed by atoms with Crippen molar-refractivity contribution in [1.29, 1.82) is 0 Å². The van der Waals surface area contributed by atoms with Crippen molar-refractivity contribution >= 4 is 11.0 Å². The number of pyridine rings is 1. The Morgan fingerprint density at radius 3 is 2.57 bits per heavy atom. The minimum Gasteiger partial charge on any atom is -0.460 e. The SMILES string of the molecule is NCc1cc2cc(-c3ccccn3)c(C(F)(F)F)cc2o1. The lowest BCUT2D eigenvalue weighted by atomic mass is 10.0. The first kappa shape index (κ1) is 13.6. The molecule has 0 radical (unpaired) electrons. The third-order valence-electron chi connectivity index (χ3n) is 3.15. The van der Waals surface area contributed by atoms with Gasteiger partial charge in [0.15, 0.2) is 0 Å². The largest absolute Gasteiger partial charge is 0.460 e. The van der Waals surface area contributed by atoms with Gasteiger partial charge in [0.25, 0.3) is 0 Å². The van der Waals surface area contributed by atoms with E-state index < -0.39 is 11.7 Å². The third-order valence-corrected chi connectivity index (χ3v) is 3.15. The van der Waals surface area contributed by atoms with Gasteiger partial charge in [-0.3, -0.25) is 4.98 Å². The van der Waals surface area contributed by atoms with Gasteiger partial charge in [0.2, 0.25) is 0 Å². The van der Waals surface area contributed by atoms with Crippen LogP contribution in [0, 0.1) is 0 Å². The van der Waals surface area contributed by atoms with Crippen molar-refractivity contribution in [3.8, 4) is 11.3 Å². The molecule has 21 heavy (non-hydrogen) atoms. The monoisotopic (exact) mass is 292 g/mol. The maximum atomic E-state index is 13.3. The second-order valence-corrected chi connectivity index (χ2v) is 4.57. The molecule has 0 unspecified atom stereocenters. The number of hydrogen-bond acceptors (Lipinski definition) is 3. The van der Waals surface area contributed by atoms with Crippen molar-refractivity contribution in [2.75, 3.05) is 0 Å². The Morgan fingerprint density at radius 2 is 1.95 bits per heavy atom. The van der Waals surface area contributed by atoms with E-state index in [1.807, 2.05) is 0 Å². The number of hydrogen-bond donors (Lipinski definition) is 1. The molecule has 0 aliphatic carbocycles. The summed E-state index contributed by atoms with van der Waals surface area (Å²) in [6.45, 7) is 0.134. The highest BCUT2D eigenvalue weighted by Gasteiger charge is 2.35. The van der Waals surface area contributed by atoms with Gasteiger partial charge in [-0.25, -0.2) is 0 Å². The summed E-state index contributed by atoms with van der Waals surface area (Å²) in [5, 5.41) is 0.573. The predicted molar refractivity (Wildman–Crippen MR) is 72.3 cm³/mol. The Bertz CT molecular complexity index is 779. The molecule has 3 nitrogen and oxygen atoms in total. The molecule has 6 heteroatoms. The number of alkyl halides is 3. The van der Waals surface area contributed by atoms with E-state index in [2.05, 4.69) is 4.98 Å². The van der Waals surface area contributed by atoms with Crippen molar-refractivity contribution in [1.82, 2.24) is 4.98 Å². The molecule has 0 spiro atoms. The molecule has 0 amide bonds. The number of fused-ring (bicyclic) bond motifs is 1. The van der Waals surface area contributed by atoms with Crippen molar-refractivity contribution in [3.05, 3.63) is 53.9 Å². The summed E-state index contributed by atoms with van der Waals surface area (Å²) < 4.78 is 45.1. The topological polar surface area (TPSA) is 52.0 Å². The highest BCUT2D eigenvalue weighted by Crippen LogP contribution is 2.39. The first-order valence-electron chi connectivity index (χ1n) is 6.24. The summed E-state index contributed by atoms with van der Waals surface area (Å²) in [7, 11) is 0. The van der Waals surface area contributed by atoms with Crippen molar-refractivity contribution in [3.63, 3.8) is 0 Å². The normalized spacial score (nSPS) is 12.0. The molecule has 2 N–H and O–H groups in total. The minimum absolute atomic E-state index is 0.0278. The number of aromatic nitrogens is 1. The van der Waals surface area contributed by atoms with E-state index in [0.29, 0.717) is 11.1 Å². The zero-order valence-electron chi connectivity index (χ0n) is 10.8. The summed E-state index contributed by atoms with van der Waals surface area (Å²) in [6.07, 6.45) is -3.03. The number of nitrogens with two attached hydrogens (primary N) is 1. The van der Waals surface area contributed by atoms with E-state index in [1.54, 1.807) is 24.3 Å². The molecule has 0 saturated carbocycles. The molecule has 0 bridgehead atoms. The van der Waals surface area contributed by atoms with E-state index in [0.717, 1.165) is 6.07 Å². The molecule has 0 saturated heterocycles. The van der Waals surface area contributed by atoms with Gasteiger partial charge in [0.1, 0.15) is 11.3 Å². The van der Waals surface area contributed by atoms with Crippen LogP contribution in [0.25, 0.3) is 22.2 Å². The van der Waals surface area contributed by atoms with Crippen molar-refractivity contribution < 1.29 is 17.6 Å². The van der Waals surface area contributed by atoms with Crippen molar-refractivity contribution in [2.45, 2.75) is 12.7 Å². The van der Waals surface area contributed by atoms with Gasteiger partial charge >= 0.3 is 6.18 Å². The minimum atomic E-state index is -4.49. The first-order chi connectivity index (χ1) is 9.99. The standard InChI is InChI=1S/C15H11F3N2O/c16-15(17,18)12-7-14-9(5-10(8-19)21-14)6-11(12)13-3-1-2-4-20-13/h1-7H,8,19H2. The van der Waals surface area contributed by atoms with Crippen LogP contribution in [0.1, 0.15) is 11.3 Å². The number of halogens is 3. The van der Waals surface area contributed by atoms with Crippen LogP contribution >= 0.6 is 0 Å². The smallest absolute Gasteiger partial charge is 0.417 e. The van der Waals surface area contributed by atoms with E-state index >= 15 is 0 Å². The summed E-state index contributed by atoms with van der Waals surface area (Å²) >= 11 is 0. The Labute approximate surface area is 118 Å². The summed E-state index contributed by atoms with van der Waals surface area (Å²) in [4.78, 5) is 4.00. The average Bonchev–Trinajstić information content (AvgIpc) is 2.88. The quantitative estimate of drug-likeness (QED) is 0.777. The number of rotatable bonds is 2.